The molecule has 0 aliphatic carbocycles. The Morgan fingerprint density at radius 2 is 2.14 bits per heavy atom. The van der Waals surface area contributed by atoms with Gasteiger partial charge in [0.1, 0.15) is 6.20 Å². The predicted octanol–water partition coefficient (Wildman–Crippen LogP) is 0.692. The van der Waals surface area contributed by atoms with E-state index in [1.54, 1.807) is 14.1 Å². The number of pyridine rings is 1. The van der Waals surface area contributed by atoms with Crippen molar-refractivity contribution in [1.82, 2.24) is 9.88 Å². The minimum absolute atomic E-state index is 0.183. The highest BCUT2D eigenvalue weighted by Crippen LogP contribution is 2.11. The number of nitro groups is 1. The summed E-state index contributed by atoms with van der Waals surface area (Å²) in [4.78, 5) is 26.1. The van der Waals surface area contributed by atoms with E-state index in [0.717, 1.165) is 6.20 Å². The number of amides is 1. The van der Waals surface area contributed by atoms with Gasteiger partial charge in [-0.2, -0.15) is 0 Å². The zero-order chi connectivity index (χ0) is 10.7. The molecule has 0 atom stereocenters. The zero-order valence-electron chi connectivity index (χ0n) is 7.80. The fraction of sp³-hybridized carbons (Fsp3) is 0.250. The second-order valence-corrected chi connectivity index (χ2v) is 2.89. The van der Waals surface area contributed by atoms with Gasteiger partial charge in [-0.25, -0.2) is 0 Å². The first-order chi connectivity index (χ1) is 6.52. The molecule has 0 aromatic carbocycles. The van der Waals surface area contributed by atoms with Crippen molar-refractivity contribution in [2.45, 2.75) is 0 Å². The first-order valence-electron chi connectivity index (χ1n) is 3.83. The molecule has 1 heterocycles. The van der Waals surface area contributed by atoms with Gasteiger partial charge in [0, 0.05) is 26.4 Å². The van der Waals surface area contributed by atoms with Crippen LogP contribution in [0.5, 0.6) is 0 Å². The molecule has 0 radical (unpaired) electrons. The number of hydrogen-bond donors (Lipinski definition) is 0. The maximum atomic E-state index is 11.4. The van der Waals surface area contributed by atoms with Crippen molar-refractivity contribution in [2.24, 2.45) is 0 Å². The van der Waals surface area contributed by atoms with Crippen LogP contribution in [0.25, 0.3) is 0 Å². The molecule has 0 bridgehead atoms. The number of aromatic nitrogens is 1. The molecule has 0 N–H and O–H groups in total. The summed E-state index contributed by atoms with van der Waals surface area (Å²) in [6.07, 6.45) is 2.40. The molecule has 1 aromatic rings. The third-order valence-corrected chi connectivity index (χ3v) is 1.59. The van der Waals surface area contributed by atoms with Crippen molar-refractivity contribution in [2.75, 3.05) is 14.1 Å². The molecule has 1 aromatic heterocycles. The average molecular weight is 195 g/mol. The average Bonchev–Trinajstić information content (AvgIpc) is 2.16. The van der Waals surface area contributed by atoms with Gasteiger partial charge in [0.15, 0.2) is 0 Å². The first-order valence-corrected chi connectivity index (χ1v) is 3.83. The van der Waals surface area contributed by atoms with Gasteiger partial charge < -0.3 is 4.90 Å². The molecule has 0 saturated heterocycles. The van der Waals surface area contributed by atoms with E-state index >= 15 is 0 Å². The van der Waals surface area contributed by atoms with Gasteiger partial charge in [-0.3, -0.25) is 19.9 Å². The van der Waals surface area contributed by atoms with Crippen LogP contribution in [0.15, 0.2) is 18.5 Å². The lowest BCUT2D eigenvalue weighted by Crippen LogP contribution is -2.21. The lowest BCUT2D eigenvalue weighted by atomic mass is 10.2. The highest BCUT2D eigenvalue weighted by atomic mass is 16.6. The summed E-state index contributed by atoms with van der Waals surface area (Å²) in [6.45, 7) is 0. The Balaban J connectivity index is 3.06. The second kappa shape index (κ2) is 3.82. The Bertz CT molecular complexity index is 376. The number of carbonyl (C=O) groups is 1. The number of nitrogens with zero attached hydrogens (tertiary/aromatic N) is 3. The molecule has 0 saturated carbocycles. The van der Waals surface area contributed by atoms with Crippen LogP contribution in [0.4, 0.5) is 5.69 Å². The molecule has 6 nitrogen and oxygen atoms in total. The zero-order valence-corrected chi connectivity index (χ0v) is 7.80. The Morgan fingerprint density at radius 3 is 2.64 bits per heavy atom. The Kier molecular flexibility index (Phi) is 2.76. The van der Waals surface area contributed by atoms with Gasteiger partial charge in [0.25, 0.3) is 11.6 Å². The normalized spacial score (nSPS) is 9.57. The van der Waals surface area contributed by atoms with E-state index in [0.29, 0.717) is 0 Å². The van der Waals surface area contributed by atoms with Crippen molar-refractivity contribution in [3.63, 3.8) is 0 Å². The summed E-state index contributed by atoms with van der Waals surface area (Å²) in [5.74, 6) is -0.304. The number of rotatable bonds is 2. The molecule has 1 amide bonds. The number of hydrogen-bond acceptors (Lipinski definition) is 4. The molecule has 0 aliphatic rings. The fourth-order valence-electron chi connectivity index (χ4n) is 0.903. The maximum Gasteiger partial charge on any atom is 0.288 e. The Labute approximate surface area is 80.3 Å². The van der Waals surface area contributed by atoms with Gasteiger partial charge in [-0.15, -0.1) is 0 Å². The van der Waals surface area contributed by atoms with Crippen molar-refractivity contribution < 1.29 is 9.72 Å². The summed E-state index contributed by atoms with van der Waals surface area (Å²) < 4.78 is 0. The van der Waals surface area contributed by atoms with E-state index in [1.165, 1.54) is 17.2 Å². The van der Waals surface area contributed by atoms with Crippen LogP contribution in [0.2, 0.25) is 0 Å². The van der Waals surface area contributed by atoms with Gasteiger partial charge in [-0.1, -0.05) is 0 Å². The minimum atomic E-state index is -0.584. The summed E-state index contributed by atoms with van der Waals surface area (Å²) in [6, 6.07) is 1.20. The molecule has 0 aliphatic heterocycles. The SMILES string of the molecule is CN(C)C(=O)c1cncc([N+](=O)[O-])c1. The monoisotopic (exact) mass is 195 g/mol. The van der Waals surface area contributed by atoms with E-state index in [-0.39, 0.29) is 17.2 Å². The van der Waals surface area contributed by atoms with E-state index in [2.05, 4.69) is 4.98 Å². The quantitative estimate of drug-likeness (QED) is 0.514. The third-order valence-electron chi connectivity index (χ3n) is 1.59. The largest absolute Gasteiger partial charge is 0.345 e. The molecule has 74 valence electrons. The molecule has 0 unspecified atom stereocenters. The van der Waals surface area contributed by atoms with Crippen LogP contribution in [-0.4, -0.2) is 34.8 Å². The van der Waals surface area contributed by atoms with Crippen molar-refractivity contribution in [3.8, 4) is 0 Å². The van der Waals surface area contributed by atoms with Crippen LogP contribution in [-0.2, 0) is 0 Å². The molecule has 0 spiro atoms. The third kappa shape index (κ3) is 2.03. The fourth-order valence-corrected chi connectivity index (χ4v) is 0.903. The molecular weight excluding hydrogens is 186 g/mol. The topological polar surface area (TPSA) is 76.3 Å². The van der Waals surface area contributed by atoms with E-state index in [1.807, 2.05) is 0 Å². The summed E-state index contributed by atoms with van der Waals surface area (Å²) in [5.41, 5.74) is 0.0295. The Morgan fingerprint density at radius 1 is 1.50 bits per heavy atom. The molecular formula is C8H9N3O3. The van der Waals surface area contributed by atoms with Crippen LogP contribution in [0, 0.1) is 10.1 Å². The summed E-state index contributed by atoms with van der Waals surface area (Å²) in [5, 5.41) is 10.4. The van der Waals surface area contributed by atoms with Gasteiger partial charge in [0.05, 0.1) is 10.5 Å². The maximum absolute atomic E-state index is 11.4. The standard InChI is InChI=1S/C8H9N3O3/c1-10(2)8(12)6-3-7(11(13)14)5-9-4-6/h3-5H,1-2H3. The first kappa shape index (κ1) is 10.1. The van der Waals surface area contributed by atoms with Gasteiger partial charge >= 0.3 is 0 Å². The van der Waals surface area contributed by atoms with Crippen molar-refractivity contribution in [3.05, 3.63) is 34.1 Å². The molecule has 1 rings (SSSR count). The number of carbonyl (C=O) groups excluding carboxylic acids is 1. The van der Waals surface area contributed by atoms with Crippen LogP contribution >= 0.6 is 0 Å². The van der Waals surface area contributed by atoms with Gasteiger partial charge in [-0.05, 0) is 0 Å². The van der Waals surface area contributed by atoms with E-state index in [9.17, 15) is 14.9 Å². The lowest BCUT2D eigenvalue weighted by molar-refractivity contribution is -0.385. The smallest absolute Gasteiger partial charge is 0.288 e. The van der Waals surface area contributed by atoms with E-state index in [4.69, 9.17) is 0 Å². The van der Waals surface area contributed by atoms with Crippen molar-refractivity contribution >= 4 is 11.6 Å². The van der Waals surface area contributed by atoms with Gasteiger partial charge in [0.2, 0.25) is 0 Å². The van der Waals surface area contributed by atoms with Crippen LogP contribution in [0.3, 0.4) is 0 Å². The summed E-state index contributed by atoms with van der Waals surface area (Å²) in [7, 11) is 3.14. The molecule has 6 heteroatoms. The second-order valence-electron chi connectivity index (χ2n) is 2.89. The Hall–Kier alpha value is -1.98. The van der Waals surface area contributed by atoms with Crippen molar-refractivity contribution in [1.29, 1.82) is 0 Å². The lowest BCUT2D eigenvalue weighted by Gasteiger charge is -2.08. The van der Waals surface area contributed by atoms with E-state index < -0.39 is 4.92 Å². The van der Waals surface area contributed by atoms with Crippen LogP contribution < -0.4 is 0 Å². The molecule has 14 heavy (non-hydrogen) atoms. The summed E-state index contributed by atoms with van der Waals surface area (Å²) >= 11 is 0. The minimum Gasteiger partial charge on any atom is -0.345 e. The van der Waals surface area contributed by atoms with Crippen LogP contribution in [0.1, 0.15) is 10.4 Å². The highest BCUT2D eigenvalue weighted by Gasteiger charge is 2.13. The molecule has 0 fully saturated rings. The predicted molar refractivity (Wildman–Crippen MR) is 48.9 cm³/mol. The highest BCUT2D eigenvalue weighted by molar-refractivity contribution is 5.94.